The summed E-state index contributed by atoms with van der Waals surface area (Å²) >= 11 is 0. The van der Waals surface area contributed by atoms with E-state index >= 15 is 0 Å². The minimum absolute atomic E-state index is 0.0670. The molecule has 7 nitrogen and oxygen atoms in total. The highest BCUT2D eigenvalue weighted by molar-refractivity contribution is 5.94. The summed E-state index contributed by atoms with van der Waals surface area (Å²) in [6, 6.07) is 3.37. The zero-order chi connectivity index (χ0) is 17.4. The van der Waals surface area contributed by atoms with Gasteiger partial charge in [0.05, 0.1) is 30.5 Å². The highest BCUT2D eigenvalue weighted by Crippen LogP contribution is 2.39. The summed E-state index contributed by atoms with van der Waals surface area (Å²) in [5.41, 5.74) is -1.08. The summed E-state index contributed by atoms with van der Waals surface area (Å²) in [4.78, 5) is 18.4. The molecule has 2 atom stereocenters. The van der Waals surface area contributed by atoms with Gasteiger partial charge in [0.15, 0.2) is 0 Å². The van der Waals surface area contributed by atoms with Crippen LogP contribution in [0.5, 0.6) is 5.88 Å². The van der Waals surface area contributed by atoms with Crippen molar-refractivity contribution in [1.29, 1.82) is 0 Å². The Kier molecular flexibility index (Phi) is 4.50. The third-order valence-electron chi connectivity index (χ3n) is 5.10. The van der Waals surface area contributed by atoms with Crippen molar-refractivity contribution in [3.05, 3.63) is 23.9 Å². The predicted octanol–water partition coefficient (Wildman–Crippen LogP) is 0.597. The van der Waals surface area contributed by atoms with E-state index in [-0.39, 0.29) is 12.5 Å². The maximum absolute atomic E-state index is 12.6. The van der Waals surface area contributed by atoms with Crippen molar-refractivity contribution in [3.8, 4) is 5.88 Å². The van der Waals surface area contributed by atoms with E-state index < -0.39 is 17.3 Å². The van der Waals surface area contributed by atoms with Crippen molar-refractivity contribution >= 4 is 5.91 Å². The van der Waals surface area contributed by atoms with E-state index in [1.54, 1.807) is 24.0 Å². The van der Waals surface area contributed by atoms with Gasteiger partial charge in [0, 0.05) is 31.8 Å². The van der Waals surface area contributed by atoms with Gasteiger partial charge in [-0.15, -0.1) is 0 Å². The molecule has 2 N–H and O–H groups in total. The predicted molar refractivity (Wildman–Crippen MR) is 85.9 cm³/mol. The van der Waals surface area contributed by atoms with Crippen LogP contribution in [0.15, 0.2) is 18.3 Å². The van der Waals surface area contributed by atoms with Crippen LogP contribution in [0, 0.1) is 0 Å². The molecular formula is C17H24N2O5. The number of pyridine rings is 1. The molecule has 0 unspecified atom stereocenters. The van der Waals surface area contributed by atoms with Gasteiger partial charge < -0.3 is 24.6 Å². The molecule has 3 rings (SSSR count). The largest absolute Gasteiger partial charge is 0.481 e. The standard InChI is InChI=1S/C17H24N2O5/c1-16(22)11-17(24-10-13(16)20)5-7-19(8-6-17)15(21)12-3-4-14(23-2)18-9-12/h3-4,9,13,20,22H,5-8,10-11H2,1-2H3/t13-,16-/m0/s1. The third-order valence-corrected chi connectivity index (χ3v) is 5.10. The second-order valence-electron chi connectivity index (χ2n) is 6.93. The van der Waals surface area contributed by atoms with Crippen LogP contribution in [0.2, 0.25) is 0 Å². The molecule has 24 heavy (non-hydrogen) atoms. The highest BCUT2D eigenvalue weighted by atomic mass is 16.5. The number of rotatable bonds is 2. The maximum Gasteiger partial charge on any atom is 0.255 e. The van der Waals surface area contributed by atoms with E-state index in [2.05, 4.69) is 4.98 Å². The Labute approximate surface area is 141 Å². The molecule has 1 aromatic rings. The van der Waals surface area contributed by atoms with E-state index in [9.17, 15) is 15.0 Å². The molecule has 132 valence electrons. The number of carbonyl (C=O) groups excluding carboxylic acids is 1. The average Bonchev–Trinajstić information content (AvgIpc) is 2.58. The molecular weight excluding hydrogens is 312 g/mol. The number of ether oxygens (including phenoxy) is 2. The van der Waals surface area contributed by atoms with Crippen molar-refractivity contribution in [2.24, 2.45) is 0 Å². The second-order valence-corrected chi connectivity index (χ2v) is 6.93. The summed E-state index contributed by atoms with van der Waals surface area (Å²) < 4.78 is 10.8. The fourth-order valence-electron chi connectivity index (χ4n) is 3.50. The molecule has 2 saturated heterocycles. The number of amides is 1. The van der Waals surface area contributed by atoms with Gasteiger partial charge in [0.1, 0.15) is 6.10 Å². The van der Waals surface area contributed by atoms with E-state index in [0.29, 0.717) is 43.8 Å². The van der Waals surface area contributed by atoms with Crippen LogP contribution in [0.3, 0.4) is 0 Å². The number of hydrogen-bond donors (Lipinski definition) is 2. The summed E-state index contributed by atoms with van der Waals surface area (Å²) in [6.07, 6.45) is 2.32. The lowest BCUT2D eigenvalue weighted by molar-refractivity contribution is -0.221. The first kappa shape index (κ1) is 17.1. The number of hydrogen-bond acceptors (Lipinski definition) is 6. The van der Waals surface area contributed by atoms with Crippen LogP contribution in [0.1, 0.15) is 36.5 Å². The first-order valence-corrected chi connectivity index (χ1v) is 8.19. The topological polar surface area (TPSA) is 92.1 Å². The molecule has 0 aliphatic carbocycles. The molecule has 2 aliphatic rings. The quantitative estimate of drug-likeness (QED) is 0.822. The molecule has 0 saturated carbocycles. The van der Waals surface area contributed by atoms with Crippen LogP contribution >= 0.6 is 0 Å². The Hall–Kier alpha value is -1.70. The first-order valence-electron chi connectivity index (χ1n) is 8.19. The molecule has 0 radical (unpaired) electrons. The van der Waals surface area contributed by atoms with Gasteiger partial charge in [-0.1, -0.05) is 0 Å². The van der Waals surface area contributed by atoms with Gasteiger partial charge in [-0.2, -0.15) is 0 Å². The van der Waals surface area contributed by atoms with Gasteiger partial charge in [-0.3, -0.25) is 4.79 Å². The minimum atomic E-state index is -1.15. The molecule has 1 amide bonds. The van der Waals surface area contributed by atoms with Crippen LogP contribution in [-0.2, 0) is 4.74 Å². The van der Waals surface area contributed by atoms with Crippen LogP contribution < -0.4 is 4.74 Å². The smallest absolute Gasteiger partial charge is 0.255 e. The minimum Gasteiger partial charge on any atom is -0.481 e. The lowest BCUT2D eigenvalue weighted by atomic mass is 9.76. The zero-order valence-electron chi connectivity index (χ0n) is 14.1. The fourth-order valence-corrected chi connectivity index (χ4v) is 3.50. The lowest BCUT2D eigenvalue weighted by Gasteiger charge is -2.49. The number of piperidine rings is 1. The molecule has 0 bridgehead atoms. The Bertz CT molecular complexity index is 594. The third kappa shape index (κ3) is 3.24. The van der Waals surface area contributed by atoms with Crippen LogP contribution in [-0.4, -0.2) is 70.1 Å². The van der Waals surface area contributed by atoms with Gasteiger partial charge in [0.25, 0.3) is 5.91 Å². The molecule has 2 aliphatic heterocycles. The number of aromatic nitrogens is 1. The van der Waals surface area contributed by atoms with Crippen molar-refractivity contribution in [3.63, 3.8) is 0 Å². The summed E-state index contributed by atoms with van der Waals surface area (Å²) in [7, 11) is 1.53. The Balaban J connectivity index is 1.63. The van der Waals surface area contributed by atoms with Crippen LogP contribution in [0.25, 0.3) is 0 Å². The van der Waals surface area contributed by atoms with E-state index in [1.165, 1.54) is 13.3 Å². The van der Waals surface area contributed by atoms with Crippen molar-refractivity contribution < 1.29 is 24.5 Å². The van der Waals surface area contributed by atoms with Gasteiger partial charge in [-0.25, -0.2) is 4.98 Å². The molecule has 2 fully saturated rings. The summed E-state index contributed by atoms with van der Waals surface area (Å²) in [6.45, 7) is 2.87. The summed E-state index contributed by atoms with van der Waals surface area (Å²) in [5.74, 6) is 0.406. The fraction of sp³-hybridized carbons (Fsp3) is 0.647. The Morgan fingerprint density at radius 3 is 2.67 bits per heavy atom. The number of aliphatic hydroxyl groups excluding tert-OH is 1. The molecule has 3 heterocycles. The number of aliphatic hydroxyl groups is 2. The monoisotopic (exact) mass is 336 g/mol. The van der Waals surface area contributed by atoms with Crippen LogP contribution in [0.4, 0.5) is 0 Å². The number of carbonyl (C=O) groups is 1. The normalized spacial score (nSPS) is 29.5. The van der Waals surface area contributed by atoms with E-state index in [0.717, 1.165) is 0 Å². The SMILES string of the molecule is COc1ccc(C(=O)N2CCC3(CC2)C[C@](C)(O)[C@@H](O)CO3)cn1. The average molecular weight is 336 g/mol. The highest BCUT2D eigenvalue weighted by Gasteiger charge is 2.49. The molecule has 7 heteroatoms. The van der Waals surface area contributed by atoms with Gasteiger partial charge in [0.2, 0.25) is 5.88 Å². The number of methoxy groups -OCH3 is 1. The van der Waals surface area contributed by atoms with E-state index in [1.807, 2.05) is 0 Å². The van der Waals surface area contributed by atoms with Gasteiger partial charge >= 0.3 is 0 Å². The molecule has 0 aromatic carbocycles. The number of likely N-dealkylation sites (tertiary alicyclic amines) is 1. The first-order chi connectivity index (χ1) is 11.4. The Morgan fingerprint density at radius 2 is 2.12 bits per heavy atom. The maximum atomic E-state index is 12.6. The molecule has 1 spiro atoms. The van der Waals surface area contributed by atoms with Crippen molar-refractivity contribution in [1.82, 2.24) is 9.88 Å². The van der Waals surface area contributed by atoms with E-state index in [4.69, 9.17) is 9.47 Å². The Morgan fingerprint density at radius 1 is 1.42 bits per heavy atom. The van der Waals surface area contributed by atoms with Crippen molar-refractivity contribution in [2.75, 3.05) is 26.8 Å². The zero-order valence-corrected chi connectivity index (χ0v) is 14.1. The van der Waals surface area contributed by atoms with Gasteiger partial charge in [-0.05, 0) is 25.8 Å². The summed E-state index contributed by atoms with van der Waals surface area (Å²) in [5, 5.41) is 20.2. The second kappa shape index (κ2) is 6.31. The molecule has 1 aromatic heterocycles. The lowest BCUT2D eigenvalue weighted by Crippen LogP contribution is -2.59. The number of nitrogens with zero attached hydrogens (tertiary/aromatic N) is 2. The van der Waals surface area contributed by atoms with Crippen molar-refractivity contribution in [2.45, 2.75) is 43.5 Å².